The number of ether oxygens (including phenoxy) is 3. The maximum Gasteiger partial charge on any atom is 0.348 e. The van der Waals surface area contributed by atoms with Crippen LogP contribution >= 0.6 is 22.9 Å². The first kappa shape index (κ1) is 19.2. The molecule has 4 rings (SSSR count). The fourth-order valence-electron chi connectivity index (χ4n) is 2.67. The molecule has 0 bridgehead atoms. The molecule has 0 radical (unpaired) electrons. The molecule has 0 atom stereocenters. The van der Waals surface area contributed by atoms with Crippen LogP contribution in [0.3, 0.4) is 0 Å². The summed E-state index contributed by atoms with van der Waals surface area (Å²) >= 11 is 7.15. The molecule has 1 aliphatic rings. The van der Waals surface area contributed by atoms with Crippen molar-refractivity contribution in [1.29, 1.82) is 0 Å². The molecule has 0 saturated heterocycles. The van der Waals surface area contributed by atoms with Crippen molar-refractivity contribution in [1.82, 2.24) is 4.98 Å². The Balaban J connectivity index is 1.37. The lowest BCUT2D eigenvalue weighted by Crippen LogP contribution is -2.20. The van der Waals surface area contributed by atoms with Gasteiger partial charge in [-0.3, -0.25) is 4.79 Å². The van der Waals surface area contributed by atoms with Crippen LogP contribution in [0.2, 0.25) is 5.15 Å². The van der Waals surface area contributed by atoms with E-state index in [1.54, 1.807) is 18.2 Å². The second kappa shape index (κ2) is 8.50. The third kappa shape index (κ3) is 4.49. The van der Waals surface area contributed by atoms with Gasteiger partial charge in [-0.05, 0) is 48.0 Å². The number of halogens is 1. The minimum absolute atomic E-state index is 0.162. The van der Waals surface area contributed by atoms with Gasteiger partial charge in [0, 0.05) is 11.1 Å². The van der Waals surface area contributed by atoms with Gasteiger partial charge in [0.2, 0.25) is 0 Å². The molecule has 2 aromatic heterocycles. The van der Waals surface area contributed by atoms with Crippen LogP contribution in [0, 0.1) is 0 Å². The smallest absolute Gasteiger partial charge is 0.348 e. The number of hydrogen-bond donors (Lipinski definition) is 1. The molecular weight excluding hydrogens is 416 g/mol. The Morgan fingerprint density at radius 1 is 1.14 bits per heavy atom. The lowest BCUT2D eigenvalue weighted by Gasteiger charge is -2.18. The van der Waals surface area contributed by atoms with E-state index in [-0.39, 0.29) is 5.15 Å². The maximum absolute atomic E-state index is 12.3. The van der Waals surface area contributed by atoms with E-state index < -0.39 is 18.5 Å². The number of amides is 1. The standard InChI is InChI=1S/C20H15ClN2O5S/c21-19-13(2-1-7-22-19)23-18(24)11-28-20(25)17-6-5-16(29-17)12-3-4-14-15(10-12)27-9-8-26-14/h1-7,10H,8-9,11H2,(H,23,24). The first-order valence-corrected chi connectivity index (χ1v) is 9.87. The van der Waals surface area contributed by atoms with E-state index in [0.29, 0.717) is 35.3 Å². The highest BCUT2D eigenvalue weighted by Crippen LogP contribution is 2.37. The van der Waals surface area contributed by atoms with Crippen LogP contribution in [0.25, 0.3) is 10.4 Å². The van der Waals surface area contributed by atoms with Gasteiger partial charge in [0.05, 0.1) is 5.69 Å². The highest BCUT2D eigenvalue weighted by atomic mass is 35.5. The Morgan fingerprint density at radius 3 is 2.79 bits per heavy atom. The van der Waals surface area contributed by atoms with Gasteiger partial charge < -0.3 is 19.5 Å². The van der Waals surface area contributed by atoms with Crippen molar-refractivity contribution < 1.29 is 23.8 Å². The van der Waals surface area contributed by atoms with Gasteiger partial charge in [-0.2, -0.15) is 0 Å². The van der Waals surface area contributed by atoms with Crippen LogP contribution in [-0.4, -0.2) is 36.7 Å². The highest BCUT2D eigenvalue weighted by molar-refractivity contribution is 7.17. The van der Waals surface area contributed by atoms with E-state index in [4.69, 9.17) is 25.8 Å². The van der Waals surface area contributed by atoms with Crippen molar-refractivity contribution in [2.24, 2.45) is 0 Å². The summed E-state index contributed by atoms with van der Waals surface area (Å²) in [5.74, 6) is 0.302. The average molecular weight is 431 g/mol. The topological polar surface area (TPSA) is 86.8 Å². The molecule has 1 aliphatic heterocycles. The number of hydrogen-bond acceptors (Lipinski definition) is 7. The van der Waals surface area contributed by atoms with Crippen LogP contribution in [0.15, 0.2) is 48.7 Å². The predicted octanol–water partition coefficient (Wildman–Crippen LogP) is 4.03. The van der Waals surface area contributed by atoms with Crippen molar-refractivity contribution in [3.63, 3.8) is 0 Å². The fraction of sp³-hybridized carbons (Fsp3) is 0.150. The number of thiophene rings is 1. The van der Waals surface area contributed by atoms with E-state index in [9.17, 15) is 9.59 Å². The molecule has 29 heavy (non-hydrogen) atoms. The number of nitrogens with zero attached hydrogens (tertiary/aromatic N) is 1. The van der Waals surface area contributed by atoms with Crippen LogP contribution in [0.5, 0.6) is 11.5 Å². The molecule has 7 nitrogen and oxygen atoms in total. The third-order valence-electron chi connectivity index (χ3n) is 4.00. The van der Waals surface area contributed by atoms with Crippen LogP contribution < -0.4 is 14.8 Å². The number of pyridine rings is 1. The van der Waals surface area contributed by atoms with E-state index in [0.717, 1.165) is 10.4 Å². The lowest BCUT2D eigenvalue weighted by atomic mass is 10.1. The summed E-state index contributed by atoms with van der Waals surface area (Å²) in [6.07, 6.45) is 1.51. The summed E-state index contributed by atoms with van der Waals surface area (Å²) in [6.45, 7) is 0.605. The van der Waals surface area contributed by atoms with Crippen LogP contribution in [0.1, 0.15) is 9.67 Å². The molecule has 0 fully saturated rings. The SMILES string of the molecule is O=C(COC(=O)c1ccc(-c2ccc3c(c2)OCCO3)s1)Nc1cccnc1Cl. The number of rotatable bonds is 5. The van der Waals surface area contributed by atoms with Gasteiger partial charge in [-0.25, -0.2) is 9.78 Å². The van der Waals surface area contributed by atoms with Crippen molar-refractivity contribution >= 4 is 40.5 Å². The zero-order valence-electron chi connectivity index (χ0n) is 15.0. The molecule has 1 amide bonds. The largest absolute Gasteiger partial charge is 0.486 e. The first-order chi connectivity index (χ1) is 14.1. The van der Waals surface area contributed by atoms with Crippen molar-refractivity contribution in [2.45, 2.75) is 0 Å². The zero-order valence-corrected chi connectivity index (χ0v) is 16.6. The number of carbonyl (C=O) groups is 2. The van der Waals surface area contributed by atoms with E-state index in [1.165, 1.54) is 17.5 Å². The normalized spacial score (nSPS) is 12.3. The van der Waals surface area contributed by atoms with Crippen LogP contribution in [0.4, 0.5) is 5.69 Å². The van der Waals surface area contributed by atoms with Crippen molar-refractivity contribution in [3.05, 3.63) is 58.7 Å². The number of nitrogens with one attached hydrogen (secondary N) is 1. The second-order valence-corrected chi connectivity index (χ2v) is 7.43. The molecule has 0 saturated carbocycles. The summed E-state index contributed by atoms with van der Waals surface area (Å²) in [7, 11) is 0. The number of benzene rings is 1. The molecule has 1 aromatic carbocycles. The number of aromatic nitrogens is 1. The summed E-state index contributed by atoms with van der Waals surface area (Å²) in [5, 5.41) is 2.71. The van der Waals surface area contributed by atoms with Gasteiger partial charge in [-0.15, -0.1) is 11.3 Å². The number of carbonyl (C=O) groups excluding carboxylic acids is 2. The fourth-order valence-corrected chi connectivity index (χ4v) is 3.73. The maximum atomic E-state index is 12.3. The number of esters is 1. The Hall–Kier alpha value is -3.10. The Bertz CT molecular complexity index is 1070. The summed E-state index contributed by atoms with van der Waals surface area (Å²) in [4.78, 5) is 29.4. The second-order valence-electron chi connectivity index (χ2n) is 5.99. The summed E-state index contributed by atoms with van der Waals surface area (Å²) in [6, 6.07) is 12.3. The van der Waals surface area contributed by atoms with Gasteiger partial charge in [0.25, 0.3) is 5.91 Å². The average Bonchev–Trinajstić information content (AvgIpc) is 3.24. The molecule has 3 aromatic rings. The molecule has 148 valence electrons. The van der Waals surface area contributed by atoms with E-state index in [2.05, 4.69) is 10.3 Å². The summed E-state index contributed by atoms with van der Waals surface area (Å²) < 4.78 is 16.2. The number of fused-ring (bicyclic) bond motifs is 1. The molecule has 9 heteroatoms. The Kier molecular flexibility index (Phi) is 5.64. The number of anilines is 1. The van der Waals surface area contributed by atoms with E-state index >= 15 is 0 Å². The molecule has 1 N–H and O–H groups in total. The van der Waals surface area contributed by atoms with Crippen molar-refractivity contribution in [3.8, 4) is 21.9 Å². The highest BCUT2D eigenvalue weighted by Gasteiger charge is 2.17. The Morgan fingerprint density at radius 2 is 1.97 bits per heavy atom. The Labute approximate surface area is 175 Å². The summed E-state index contributed by atoms with van der Waals surface area (Å²) in [5.41, 5.74) is 1.26. The minimum atomic E-state index is -0.578. The molecule has 0 aliphatic carbocycles. The van der Waals surface area contributed by atoms with Crippen molar-refractivity contribution in [2.75, 3.05) is 25.1 Å². The third-order valence-corrected chi connectivity index (χ3v) is 5.42. The van der Waals surface area contributed by atoms with Gasteiger partial charge in [-0.1, -0.05) is 11.6 Å². The van der Waals surface area contributed by atoms with Gasteiger partial charge in [0.15, 0.2) is 23.3 Å². The molecule has 0 spiro atoms. The zero-order chi connectivity index (χ0) is 20.2. The minimum Gasteiger partial charge on any atom is -0.486 e. The predicted molar refractivity (Wildman–Crippen MR) is 109 cm³/mol. The first-order valence-electron chi connectivity index (χ1n) is 8.67. The monoisotopic (exact) mass is 430 g/mol. The molecule has 0 unspecified atom stereocenters. The van der Waals surface area contributed by atoms with Gasteiger partial charge in [0.1, 0.15) is 18.1 Å². The lowest BCUT2D eigenvalue weighted by molar-refractivity contribution is -0.119. The molecular formula is C20H15ClN2O5S. The van der Waals surface area contributed by atoms with Gasteiger partial charge >= 0.3 is 5.97 Å². The molecule has 3 heterocycles. The van der Waals surface area contributed by atoms with Crippen LogP contribution in [-0.2, 0) is 9.53 Å². The van der Waals surface area contributed by atoms with E-state index in [1.807, 2.05) is 24.3 Å². The quantitative estimate of drug-likeness (QED) is 0.485.